The average molecular weight is 807 g/mol. The van der Waals surface area contributed by atoms with Gasteiger partial charge in [-0.15, -0.1) is 0 Å². The van der Waals surface area contributed by atoms with Crippen LogP contribution in [0.3, 0.4) is 0 Å². The lowest BCUT2D eigenvalue weighted by Crippen LogP contribution is -2.11. The molecule has 306 valence electrons. The van der Waals surface area contributed by atoms with Crippen LogP contribution in [0, 0.1) is 83.1 Å². The van der Waals surface area contributed by atoms with Crippen molar-refractivity contribution in [3.05, 3.63) is 186 Å². The molecule has 0 saturated heterocycles. The van der Waals surface area contributed by atoms with E-state index in [1.54, 1.807) is 0 Å². The zero-order chi connectivity index (χ0) is 43.5. The van der Waals surface area contributed by atoms with Crippen molar-refractivity contribution in [2.75, 3.05) is 0 Å². The molecule has 4 nitrogen and oxygen atoms in total. The largest absolute Gasteiger partial charge is 0.246 e. The highest BCUT2D eigenvalue weighted by atomic mass is 14.9. The summed E-state index contributed by atoms with van der Waals surface area (Å²) in [6.45, 7) is 26.3. The molecule has 2 aliphatic rings. The Morgan fingerprint density at radius 2 is 0.435 bits per heavy atom. The highest BCUT2D eigenvalue weighted by Crippen LogP contribution is 2.58. The van der Waals surface area contributed by atoms with Gasteiger partial charge in [-0.1, -0.05) is 95.1 Å². The molecule has 4 heterocycles. The summed E-state index contributed by atoms with van der Waals surface area (Å²) in [5.41, 5.74) is 32.3. The van der Waals surface area contributed by atoms with Crippen LogP contribution in [-0.4, -0.2) is 19.9 Å². The summed E-state index contributed by atoms with van der Waals surface area (Å²) in [7, 11) is 0. The van der Waals surface area contributed by atoms with Crippen LogP contribution in [0.15, 0.2) is 97.1 Å². The Balaban J connectivity index is 1.22. The minimum Gasteiger partial charge on any atom is -0.246 e. The van der Waals surface area contributed by atoms with Gasteiger partial charge in [-0.3, -0.25) is 0 Å². The standard InChI is InChI=1S/C58H54N4/c1-29-21-33(5)49(34(6)22-29)45-17-13-41-53(42-14-18-46(60-56(42)55(41)59-45)50-35(7)23-30(2)24-36(50)8)54-43-15-19-47(51-37(9)25-31(3)26-38(51)10)61-57(43)58-44(54)16-20-48(62-58)52-39(11)27-32(4)28-40(52)12/h13-28,53-54H,1-12H3. The number of hydrogen-bond acceptors (Lipinski definition) is 4. The first-order valence-electron chi connectivity index (χ1n) is 22.0. The number of aromatic nitrogens is 4. The number of aryl methyl sites for hydroxylation is 12. The van der Waals surface area contributed by atoms with E-state index in [-0.39, 0.29) is 11.8 Å². The lowest BCUT2D eigenvalue weighted by molar-refractivity contribution is 0.719. The third-order valence-electron chi connectivity index (χ3n) is 13.6. The molecule has 0 bridgehead atoms. The molecule has 8 aromatic rings. The van der Waals surface area contributed by atoms with Crippen molar-refractivity contribution < 1.29 is 0 Å². The molecule has 62 heavy (non-hydrogen) atoms. The monoisotopic (exact) mass is 806 g/mol. The summed E-state index contributed by atoms with van der Waals surface area (Å²) in [5, 5.41) is 0. The Kier molecular flexibility index (Phi) is 9.30. The fourth-order valence-electron chi connectivity index (χ4n) is 11.6. The first kappa shape index (κ1) is 39.6. The third-order valence-corrected chi connectivity index (χ3v) is 13.6. The van der Waals surface area contributed by atoms with Crippen LogP contribution in [0.5, 0.6) is 0 Å². The first-order valence-corrected chi connectivity index (χ1v) is 22.0. The van der Waals surface area contributed by atoms with Crippen molar-refractivity contribution in [1.29, 1.82) is 0 Å². The van der Waals surface area contributed by atoms with E-state index in [1.807, 2.05) is 0 Å². The second-order valence-electron chi connectivity index (χ2n) is 18.6. The van der Waals surface area contributed by atoms with Crippen molar-refractivity contribution in [2.24, 2.45) is 0 Å². The van der Waals surface area contributed by atoms with Crippen LogP contribution >= 0.6 is 0 Å². The predicted octanol–water partition coefficient (Wildman–Crippen LogP) is 14.6. The van der Waals surface area contributed by atoms with Crippen LogP contribution in [0.2, 0.25) is 0 Å². The maximum atomic E-state index is 5.61. The molecule has 4 heteroatoms. The number of benzene rings is 4. The van der Waals surface area contributed by atoms with E-state index in [0.29, 0.717) is 0 Å². The topological polar surface area (TPSA) is 51.6 Å². The van der Waals surface area contributed by atoms with Gasteiger partial charge in [-0.05, 0) is 174 Å². The Morgan fingerprint density at radius 1 is 0.258 bits per heavy atom. The van der Waals surface area contributed by atoms with Crippen LogP contribution in [0.4, 0.5) is 0 Å². The molecule has 0 fully saturated rings. The quantitative estimate of drug-likeness (QED) is 0.174. The summed E-state index contributed by atoms with van der Waals surface area (Å²) < 4.78 is 0. The third kappa shape index (κ3) is 6.25. The zero-order valence-electron chi connectivity index (χ0n) is 38.2. The van der Waals surface area contributed by atoms with E-state index in [4.69, 9.17) is 19.9 Å². The lowest BCUT2D eigenvalue weighted by Gasteiger charge is -2.24. The summed E-state index contributed by atoms with van der Waals surface area (Å²) >= 11 is 0. The molecule has 0 spiro atoms. The smallest absolute Gasteiger partial charge is 0.0935 e. The molecular formula is C58H54N4. The van der Waals surface area contributed by atoms with Gasteiger partial charge in [0.1, 0.15) is 0 Å². The minimum absolute atomic E-state index is 0.0467. The molecule has 0 saturated carbocycles. The highest BCUT2D eigenvalue weighted by molar-refractivity contribution is 5.85. The average Bonchev–Trinajstić information content (AvgIpc) is 3.67. The van der Waals surface area contributed by atoms with E-state index in [2.05, 4.69) is 180 Å². The number of rotatable bonds is 5. The second-order valence-corrected chi connectivity index (χ2v) is 18.6. The molecule has 0 radical (unpaired) electrons. The molecule has 4 aromatic heterocycles. The molecule has 0 unspecified atom stereocenters. The van der Waals surface area contributed by atoms with Gasteiger partial charge in [0.05, 0.1) is 45.6 Å². The van der Waals surface area contributed by atoms with Gasteiger partial charge in [-0.2, -0.15) is 0 Å². The van der Waals surface area contributed by atoms with Crippen molar-refractivity contribution in [1.82, 2.24) is 19.9 Å². The van der Waals surface area contributed by atoms with E-state index >= 15 is 0 Å². The number of hydrogen-bond donors (Lipinski definition) is 0. The SMILES string of the molecule is Cc1cc(C)c(-c2ccc3c(n2)-c2nc(-c4c(C)cc(C)cc4C)ccc2C3C2c3ccc(-c4c(C)cc(C)cc4C)nc3-c3nc(-c4c(C)cc(C)cc4C)ccc32)c(C)c1. The van der Waals surface area contributed by atoms with Crippen molar-refractivity contribution in [2.45, 2.75) is 94.9 Å². The van der Waals surface area contributed by atoms with Gasteiger partial charge in [0, 0.05) is 34.1 Å². The molecule has 10 rings (SSSR count). The Labute approximate surface area is 367 Å². The maximum Gasteiger partial charge on any atom is 0.0935 e. The minimum atomic E-state index is -0.0467. The maximum absolute atomic E-state index is 5.61. The van der Waals surface area contributed by atoms with Gasteiger partial charge in [0.15, 0.2) is 0 Å². The van der Waals surface area contributed by atoms with Crippen LogP contribution in [0.25, 0.3) is 67.8 Å². The van der Waals surface area contributed by atoms with Crippen molar-refractivity contribution in [3.63, 3.8) is 0 Å². The van der Waals surface area contributed by atoms with E-state index in [1.165, 1.54) is 111 Å². The Bertz CT molecular complexity index is 2700. The summed E-state index contributed by atoms with van der Waals surface area (Å²) in [6, 6.07) is 36.4. The van der Waals surface area contributed by atoms with Gasteiger partial charge in [0.25, 0.3) is 0 Å². The first-order chi connectivity index (χ1) is 29.7. The van der Waals surface area contributed by atoms with Gasteiger partial charge in [0.2, 0.25) is 0 Å². The normalized spacial score (nSPS) is 13.0. The van der Waals surface area contributed by atoms with Gasteiger partial charge < -0.3 is 0 Å². The van der Waals surface area contributed by atoms with Crippen LogP contribution < -0.4 is 0 Å². The van der Waals surface area contributed by atoms with E-state index in [9.17, 15) is 0 Å². The summed E-state index contributed by atoms with van der Waals surface area (Å²) in [4.78, 5) is 22.4. The molecule has 2 aliphatic carbocycles. The Hall–Kier alpha value is -6.52. The fourth-order valence-corrected chi connectivity index (χ4v) is 11.6. The van der Waals surface area contributed by atoms with Crippen molar-refractivity contribution in [3.8, 4) is 67.8 Å². The van der Waals surface area contributed by atoms with Crippen LogP contribution in [-0.2, 0) is 0 Å². The predicted molar refractivity (Wildman–Crippen MR) is 257 cm³/mol. The zero-order valence-corrected chi connectivity index (χ0v) is 38.2. The molecule has 0 N–H and O–H groups in total. The van der Waals surface area contributed by atoms with Gasteiger partial charge >= 0.3 is 0 Å². The molecule has 4 aromatic carbocycles. The molecule has 0 atom stereocenters. The van der Waals surface area contributed by atoms with E-state index < -0.39 is 0 Å². The van der Waals surface area contributed by atoms with Crippen molar-refractivity contribution >= 4 is 0 Å². The molecular weight excluding hydrogens is 753 g/mol. The summed E-state index contributed by atoms with van der Waals surface area (Å²) in [6.07, 6.45) is 0. The van der Waals surface area contributed by atoms with Gasteiger partial charge in [-0.25, -0.2) is 19.9 Å². The highest BCUT2D eigenvalue weighted by Gasteiger charge is 2.44. The van der Waals surface area contributed by atoms with E-state index in [0.717, 1.165) is 45.6 Å². The number of nitrogens with zero attached hydrogens (tertiary/aromatic N) is 4. The molecule has 0 amide bonds. The molecule has 0 aliphatic heterocycles. The lowest BCUT2D eigenvalue weighted by atomic mass is 9.79. The number of fused-ring (bicyclic) bond motifs is 6. The fraction of sp³-hybridized carbons (Fsp3) is 0.241. The second kappa shape index (κ2) is 14.6. The van der Waals surface area contributed by atoms with Crippen LogP contribution in [0.1, 0.15) is 101 Å². The Morgan fingerprint density at radius 3 is 0.613 bits per heavy atom. The number of pyridine rings is 4. The summed E-state index contributed by atoms with van der Waals surface area (Å²) in [5.74, 6) is -0.0935.